The number of epoxide rings is 1. The Balaban J connectivity index is 2.09. The molecule has 2 fully saturated rings. The molecule has 0 spiro atoms. The van der Waals surface area contributed by atoms with Gasteiger partial charge < -0.3 is 4.74 Å². The molecular weight excluding hydrogens is 112 g/mol. The molecule has 0 aromatic rings. The lowest BCUT2D eigenvalue weighted by atomic mass is 9.89. The third-order valence-electron chi connectivity index (χ3n) is 2.48. The Morgan fingerprint density at radius 3 is 3.00 bits per heavy atom. The van der Waals surface area contributed by atoms with Crippen LogP contribution < -0.4 is 0 Å². The molecule has 1 saturated heterocycles. The maximum atomic E-state index is 5.50. The van der Waals surface area contributed by atoms with E-state index in [1.165, 1.54) is 25.7 Å². The minimum absolute atomic E-state index is 0.151. The molecule has 1 heterocycles. The average molecular weight is 124 g/mol. The maximum Gasteiger partial charge on any atom is 0.113 e. The Hall–Kier alpha value is -0.300. The summed E-state index contributed by atoms with van der Waals surface area (Å²) in [6, 6.07) is 0. The van der Waals surface area contributed by atoms with E-state index in [0.29, 0.717) is 6.10 Å². The molecule has 1 nitrogen and oxygen atoms in total. The van der Waals surface area contributed by atoms with E-state index in [9.17, 15) is 0 Å². The standard InChI is InChI=1S/C8H12O/c1-2-8-6-4-3-5-7(8)9-8/h2,7H,1,3-6H2/t7-,8+/m1/s1. The molecule has 1 saturated carbocycles. The molecule has 0 unspecified atom stereocenters. The molecule has 50 valence electrons. The monoisotopic (exact) mass is 124 g/mol. The van der Waals surface area contributed by atoms with Gasteiger partial charge >= 0.3 is 0 Å². The van der Waals surface area contributed by atoms with Gasteiger partial charge in [0, 0.05) is 0 Å². The lowest BCUT2D eigenvalue weighted by molar-refractivity contribution is 0.329. The second kappa shape index (κ2) is 1.60. The van der Waals surface area contributed by atoms with E-state index in [1.54, 1.807) is 0 Å². The summed E-state index contributed by atoms with van der Waals surface area (Å²) >= 11 is 0. The first-order chi connectivity index (χ1) is 4.37. The van der Waals surface area contributed by atoms with E-state index in [4.69, 9.17) is 4.74 Å². The molecule has 9 heavy (non-hydrogen) atoms. The maximum absolute atomic E-state index is 5.50. The summed E-state index contributed by atoms with van der Waals surface area (Å²) in [5.74, 6) is 0. The van der Waals surface area contributed by atoms with Crippen molar-refractivity contribution < 1.29 is 4.74 Å². The van der Waals surface area contributed by atoms with E-state index in [2.05, 4.69) is 6.58 Å². The van der Waals surface area contributed by atoms with Gasteiger partial charge in [-0.2, -0.15) is 0 Å². The van der Waals surface area contributed by atoms with Gasteiger partial charge in [0.25, 0.3) is 0 Å². The van der Waals surface area contributed by atoms with E-state index in [1.807, 2.05) is 6.08 Å². The van der Waals surface area contributed by atoms with E-state index in [0.717, 1.165) is 0 Å². The number of fused-ring (bicyclic) bond motifs is 1. The lowest BCUT2D eigenvalue weighted by Crippen LogP contribution is -2.15. The molecule has 2 atom stereocenters. The fourth-order valence-corrected chi connectivity index (χ4v) is 1.77. The smallest absolute Gasteiger partial charge is 0.113 e. The van der Waals surface area contributed by atoms with Crippen LogP contribution in [0.15, 0.2) is 12.7 Å². The fraction of sp³-hybridized carbons (Fsp3) is 0.750. The molecule has 1 aliphatic carbocycles. The topological polar surface area (TPSA) is 12.5 Å². The van der Waals surface area contributed by atoms with E-state index in [-0.39, 0.29) is 5.60 Å². The largest absolute Gasteiger partial charge is 0.362 e. The molecule has 0 amide bonds. The number of rotatable bonds is 1. The van der Waals surface area contributed by atoms with Crippen LogP contribution in [0.3, 0.4) is 0 Å². The van der Waals surface area contributed by atoms with Gasteiger partial charge in [0.05, 0.1) is 6.10 Å². The fourth-order valence-electron chi connectivity index (χ4n) is 1.77. The van der Waals surface area contributed by atoms with Crippen LogP contribution in [-0.4, -0.2) is 11.7 Å². The van der Waals surface area contributed by atoms with Gasteiger partial charge in [0.1, 0.15) is 5.60 Å². The zero-order chi connectivity index (χ0) is 6.32. The van der Waals surface area contributed by atoms with Gasteiger partial charge in [-0.25, -0.2) is 0 Å². The first kappa shape index (κ1) is 5.48. The second-order valence-corrected chi connectivity index (χ2v) is 3.01. The number of hydrogen-bond acceptors (Lipinski definition) is 1. The van der Waals surface area contributed by atoms with Crippen LogP contribution in [0.5, 0.6) is 0 Å². The Kier molecular flexibility index (Phi) is 0.974. The summed E-state index contributed by atoms with van der Waals surface area (Å²) in [6.45, 7) is 3.77. The Labute approximate surface area is 55.7 Å². The summed E-state index contributed by atoms with van der Waals surface area (Å²) in [5, 5.41) is 0. The third kappa shape index (κ3) is 0.645. The minimum atomic E-state index is 0.151. The third-order valence-corrected chi connectivity index (χ3v) is 2.48. The summed E-state index contributed by atoms with van der Waals surface area (Å²) < 4.78 is 5.50. The lowest BCUT2D eigenvalue weighted by Gasteiger charge is -2.11. The number of ether oxygens (including phenoxy) is 1. The van der Waals surface area contributed by atoms with Gasteiger partial charge in [0.15, 0.2) is 0 Å². The van der Waals surface area contributed by atoms with Crippen LogP contribution in [0.25, 0.3) is 0 Å². The molecule has 0 bridgehead atoms. The van der Waals surface area contributed by atoms with Crippen molar-refractivity contribution in [3.63, 3.8) is 0 Å². The highest BCUT2D eigenvalue weighted by atomic mass is 16.6. The normalized spacial score (nSPS) is 47.8. The summed E-state index contributed by atoms with van der Waals surface area (Å²) in [4.78, 5) is 0. The highest BCUT2D eigenvalue weighted by molar-refractivity contribution is 5.15. The van der Waals surface area contributed by atoms with Crippen LogP contribution in [-0.2, 0) is 4.74 Å². The van der Waals surface area contributed by atoms with Crippen molar-refractivity contribution in [1.82, 2.24) is 0 Å². The molecule has 1 aliphatic heterocycles. The van der Waals surface area contributed by atoms with Crippen LogP contribution in [0.2, 0.25) is 0 Å². The van der Waals surface area contributed by atoms with Gasteiger partial charge in [-0.3, -0.25) is 0 Å². The van der Waals surface area contributed by atoms with Crippen LogP contribution in [0.1, 0.15) is 25.7 Å². The molecule has 2 rings (SSSR count). The number of hydrogen-bond donors (Lipinski definition) is 0. The van der Waals surface area contributed by atoms with Crippen molar-refractivity contribution in [3.8, 4) is 0 Å². The van der Waals surface area contributed by atoms with Crippen molar-refractivity contribution in [2.75, 3.05) is 0 Å². The van der Waals surface area contributed by atoms with Gasteiger partial charge in [-0.15, -0.1) is 6.58 Å². The summed E-state index contributed by atoms with van der Waals surface area (Å²) in [7, 11) is 0. The van der Waals surface area contributed by atoms with E-state index >= 15 is 0 Å². The van der Waals surface area contributed by atoms with Crippen LogP contribution in [0.4, 0.5) is 0 Å². The zero-order valence-electron chi connectivity index (χ0n) is 5.60. The quantitative estimate of drug-likeness (QED) is 0.384. The van der Waals surface area contributed by atoms with Gasteiger partial charge in [-0.05, 0) is 12.8 Å². The molecule has 0 aromatic carbocycles. The predicted molar refractivity (Wildman–Crippen MR) is 36.3 cm³/mol. The van der Waals surface area contributed by atoms with Crippen molar-refractivity contribution in [1.29, 1.82) is 0 Å². The first-order valence-corrected chi connectivity index (χ1v) is 3.69. The Morgan fingerprint density at radius 1 is 1.56 bits per heavy atom. The highest BCUT2D eigenvalue weighted by Gasteiger charge is 2.54. The van der Waals surface area contributed by atoms with Crippen molar-refractivity contribution >= 4 is 0 Å². The van der Waals surface area contributed by atoms with Crippen molar-refractivity contribution in [3.05, 3.63) is 12.7 Å². The summed E-state index contributed by atoms with van der Waals surface area (Å²) in [6.07, 6.45) is 7.66. The summed E-state index contributed by atoms with van der Waals surface area (Å²) in [5.41, 5.74) is 0.151. The van der Waals surface area contributed by atoms with Crippen LogP contribution in [0, 0.1) is 0 Å². The Bertz CT molecular complexity index is 142. The van der Waals surface area contributed by atoms with Crippen molar-refractivity contribution in [2.24, 2.45) is 0 Å². The second-order valence-electron chi connectivity index (χ2n) is 3.01. The average Bonchev–Trinajstić information content (AvgIpc) is 2.62. The minimum Gasteiger partial charge on any atom is -0.362 e. The molecular formula is C8H12O. The molecule has 0 aromatic heterocycles. The highest BCUT2D eigenvalue weighted by Crippen LogP contribution is 2.48. The van der Waals surface area contributed by atoms with Gasteiger partial charge in [-0.1, -0.05) is 18.9 Å². The van der Waals surface area contributed by atoms with Crippen LogP contribution >= 0.6 is 0 Å². The predicted octanol–water partition coefficient (Wildman–Crippen LogP) is 1.88. The van der Waals surface area contributed by atoms with E-state index < -0.39 is 0 Å². The zero-order valence-corrected chi connectivity index (χ0v) is 5.60. The molecule has 2 aliphatic rings. The van der Waals surface area contributed by atoms with Gasteiger partial charge in [0.2, 0.25) is 0 Å². The first-order valence-electron chi connectivity index (χ1n) is 3.69. The molecule has 0 radical (unpaired) electrons. The van der Waals surface area contributed by atoms with Crippen molar-refractivity contribution in [2.45, 2.75) is 37.4 Å². The molecule has 0 N–H and O–H groups in total. The Morgan fingerprint density at radius 2 is 2.44 bits per heavy atom. The SMILES string of the molecule is C=C[C@]12CCCC[C@H]1O2. The molecule has 1 heteroatoms.